The van der Waals surface area contributed by atoms with Crippen LogP contribution in [0.3, 0.4) is 0 Å². The van der Waals surface area contributed by atoms with Gasteiger partial charge in [-0.15, -0.1) is 0 Å². The maximum absolute atomic E-state index is 12.1. The Morgan fingerprint density at radius 3 is 2.33 bits per heavy atom. The number of rotatable bonds is 10. The van der Waals surface area contributed by atoms with E-state index in [0.717, 1.165) is 59.4 Å². The molecule has 1 amide bonds. The zero-order chi connectivity index (χ0) is 32.1. The summed E-state index contributed by atoms with van der Waals surface area (Å²) < 4.78 is 11.4. The van der Waals surface area contributed by atoms with E-state index in [0.29, 0.717) is 6.04 Å². The van der Waals surface area contributed by atoms with Crippen LogP contribution in [0.25, 0.3) is 11.1 Å². The molecule has 0 spiro atoms. The summed E-state index contributed by atoms with van der Waals surface area (Å²) in [5.74, 6) is -0.664. The van der Waals surface area contributed by atoms with Crippen LogP contribution in [-0.2, 0) is 27.4 Å². The number of carbonyl (C=O) groups excluding carboxylic acids is 1. The van der Waals surface area contributed by atoms with Crippen molar-refractivity contribution in [2.45, 2.75) is 73.6 Å². The summed E-state index contributed by atoms with van der Waals surface area (Å²) in [5.41, 5.74) is 5.81. The molecule has 0 saturated carbocycles. The van der Waals surface area contributed by atoms with Crippen molar-refractivity contribution in [3.63, 3.8) is 0 Å². The standard InChI is InChI=1S/C36H42Cl3N3O4/c37-36(38,39)35(44)40-21-26-6-3-7-28(18-26)29-8-4-9-30(19-29)34-45-32(20-33(46-34)27-13-11-25(24-43)12-14-27)23-42-17-5-10-31(42)22-41-15-1-2-16-41/h3-4,6-9,11-14,18-19,31-34,43H,1-2,5,10,15-17,20-24H2,(H,40,44)/t31-,32+,33-,34-/m0/s1. The number of aliphatic hydroxyl groups is 1. The van der Waals surface area contributed by atoms with Crippen molar-refractivity contribution in [2.24, 2.45) is 0 Å². The van der Waals surface area contributed by atoms with Crippen molar-refractivity contribution in [1.29, 1.82) is 0 Å². The predicted octanol–water partition coefficient (Wildman–Crippen LogP) is 6.94. The Bertz CT molecular complexity index is 1460. The van der Waals surface area contributed by atoms with Crippen LogP contribution in [-0.4, -0.2) is 69.5 Å². The quantitative estimate of drug-likeness (QED) is 0.225. The second-order valence-corrected chi connectivity index (χ2v) is 14.9. The van der Waals surface area contributed by atoms with E-state index in [2.05, 4.69) is 45.4 Å². The minimum absolute atomic E-state index is 0.00830. The van der Waals surface area contributed by atoms with Crippen LogP contribution >= 0.6 is 34.8 Å². The third-order valence-corrected chi connectivity index (χ3v) is 9.86. The highest BCUT2D eigenvalue weighted by atomic mass is 35.6. The highest BCUT2D eigenvalue weighted by Gasteiger charge is 2.36. The van der Waals surface area contributed by atoms with Crippen LogP contribution in [0.5, 0.6) is 0 Å². The Morgan fingerprint density at radius 1 is 0.848 bits per heavy atom. The Morgan fingerprint density at radius 2 is 1.59 bits per heavy atom. The van der Waals surface area contributed by atoms with Gasteiger partial charge in [0.15, 0.2) is 6.29 Å². The first kappa shape index (κ1) is 33.7. The smallest absolute Gasteiger partial charge is 0.272 e. The Kier molecular flexibility index (Phi) is 11.2. The molecule has 3 aromatic rings. The van der Waals surface area contributed by atoms with Gasteiger partial charge in [0.1, 0.15) is 0 Å². The van der Waals surface area contributed by atoms with Crippen LogP contribution in [0.2, 0.25) is 0 Å². The molecule has 7 nitrogen and oxygen atoms in total. The summed E-state index contributed by atoms with van der Waals surface area (Å²) in [6.45, 7) is 5.82. The van der Waals surface area contributed by atoms with Crippen molar-refractivity contribution in [2.75, 3.05) is 32.7 Å². The molecule has 0 unspecified atom stereocenters. The summed E-state index contributed by atoms with van der Waals surface area (Å²) in [5, 5.41) is 12.3. The molecule has 3 aliphatic rings. The van der Waals surface area contributed by atoms with Gasteiger partial charge in [-0.25, -0.2) is 0 Å². The van der Waals surface area contributed by atoms with Gasteiger partial charge >= 0.3 is 0 Å². The number of amides is 1. The fourth-order valence-electron chi connectivity index (χ4n) is 6.91. The van der Waals surface area contributed by atoms with Gasteiger partial charge in [0.2, 0.25) is 0 Å². The molecule has 2 N–H and O–H groups in total. The molecule has 10 heteroatoms. The topological polar surface area (TPSA) is 74.3 Å². The van der Waals surface area contributed by atoms with Crippen LogP contribution in [0, 0.1) is 0 Å². The first-order valence-corrected chi connectivity index (χ1v) is 17.4. The van der Waals surface area contributed by atoms with Crippen molar-refractivity contribution in [3.8, 4) is 11.1 Å². The van der Waals surface area contributed by atoms with E-state index in [1.807, 2.05) is 42.5 Å². The molecule has 4 atom stereocenters. The Labute approximate surface area is 286 Å². The molecule has 3 aliphatic heterocycles. The van der Waals surface area contributed by atoms with Crippen LogP contribution in [0.15, 0.2) is 72.8 Å². The molecule has 0 bridgehead atoms. The molecule has 3 heterocycles. The Hall–Kier alpha value is -2.20. The lowest BCUT2D eigenvalue weighted by molar-refractivity contribution is -0.253. The lowest BCUT2D eigenvalue weighted by Gasteiger charge is -2.39. The highest BCUT2D eigenvalue weighted by Crippen LogP contribution is 2.40. The number of hydrogen-bond acceptors (Lipinski definition) is 6. The third-order valence-electron chi connectivity index (χ3n) is 9.35. The van der Waals surface area contributed by atoms with Crippen molar-refractivity contribution >= 4 is 40.7 Å². The van der Waals surface area contributed by atoms with Gasteiger partial charge in [-0.2, -0.15) is 0 Å². The summed E-state index contributed by atoms with van der Waals surface area (Å²) in [6, 6.07) is 24.8. The second kappa shape index (κ2) is 15.3. The van der Waals surface area contributed by atoms with Crippen molar-refractivity contribution in [3.05, 3.63) is 95.1 Å². The first-order chi connectivity index (χ1) is 22.2. The number of ether oxygens (including phenoxy) is 2. The molecule has 3 aromatic carbocycles. The van der Waals surface area contributed by atoms with Crippen molar-refractivity contribution < 1.29 is 19.4 Å². The number of alkyl halides is 3. The van der Waals surface area contributed by atoms with Gasteiger partial charge in [0, 0.05) is 37.7 Å². The lowest BCUT2D eigenvalue weighted by atomic mass is 9.98. The normalized spacial score (nSPS) is 24.3. The first-order valence-electron chi connectivity index (χ1n) is 16.3. The van der Waals surface area contributed by atoms with E-state index in [1.54, 1.807) is 0 Å². The monoisotopic (exact) mass is 685 g/mol. The summed E-state index contributed by atoms with van der Waals surface area (Å²) in [4.78, 5) is 17.3. The molecule has 0 aliphatic carbocycles. The zero-order valence-electron chi connectivity index (χ0n) is 25.9. The van der Waals surface area contributed by atoms with E-state index in [-0.39, 0.29) is 25.4 Å². The Balaban J connectivity index is 1.20. The number of benzene rings is 3. The summed E-state index contributed by atoms with van der Waals surface area (Å²) in [6.07, 6.45) is 5.20. The molecule has 0 aromatic heterocycles. The number of aliphatic hydroxyl groups excluding tert-OH is 1. The van der Waals surface area contributed by atoms with E-state index in [9.17, 15) is 9.90 Å². The van der Waals surface area contributed by atoms with E-state index < -0.39 is 16.0 Å². The summed E-state index contributed by atoms with van der Waals surface area (Å²) in [7, 11) is 0. The molecule has 6 rings (SSSR count). The van der Waals surface area contributed by atoms with E-state index >= 15 is 0 Å². The number of carbonyl (C=O) groups is 1. The van der Waals surface area contributed by atoms with Crippen molar-refractivity contribution in [1.82, 2.24) is 15.1 Å². The molecule has 3 saturated heterocycles. The molecular weight excluding hydrogens is 645 g/mol. The van der Waals surface area contributed by atoms with Crippen LogP contribution in [0.4, 0.5) is 0 Å². The zero-order valence-corrected chi connectivity index (χ0v) is 28.2. The minimum atomic E-state index is -2.01. The van der Waals surface area contributed by atoms with Gasteiger partial charge in [-0.1, -0.05) is 95.5 Å². The lowest BCUT2D eigenvalue weighted by Crippen LogP contribution is -2.45. The van der Waals surface area contributed by atoms with Gasteiger partial charge in [0.05, 0.1) is 18.8 Å². The molecule has 46 heavy (non-hydrogen) atoms. The summed E-state index contributed by atoms with van der Waals surface area (Å²) >= 11 is 17.1. The SMILES string of the molecule is O=C(NCc1cccc(-c2cccc([C@H]3O[C@@H](CN4CCC[C@H]4CN4CCCC4)C[C@@H](c4ccc(CO)cc4)O3)c2)c1)C(Cl)(Cl)Cl. The largest absolute Gasteiger partial charge is 0.392 e. The molecule has 3 fully saturated rings. The molecule has 0 radical (unpaired) electrons. The minimum Gasteiger partial charge on any atom is -0.392 e. The highest BCUT2D eigenvalue weighted by molar-refractivity contribution is 6.76. The second-order valence-electron chi connectivity index (χ2n) is 12.7. The van der Waals surface area contributed by atoms with Gasteiger partial charge in [0.25, 0.3) is 9.70 Å². The number of hydrogen-bond donors (Lipinski definition) is 2. The van der Waals surface area contributed by atoms with Gasteiger partial charge in [-0.3, -0.25) is 9.69 Å². The number of nitrogens with one attached hydrogen (secondary N) is 1. The molecule has 246 valence electrons. The van der Waals surface area contributed by atoms with Crippen LogP contribution in [0.1, 0.15) is 66.8 Å². The maximum atomic E-state index is 12.1. The number of halogens is 3. The average molecular weight is 687 g/mol. The number of nitrogens with zero attached hydrogens (tertiary/aromatic N) is 2. The third kappa shape index (κ3) is 8.63. The van der Waals surface area contributed by atoms with E-state index in [1.165, 1.54) is 38.8 Å². The van der Waals surface area contributed by atoms with Crippen LogP contribution < -0.4 is 5.32 Å². The van der Waals surface area contributed by atoms with Gasteiger partial charge in [-0.05, 0) is 85.3 Å². The average Bonchev–Trinajstić information content (AvgIpc) is 3.75. The fraction of sp³-hybridized carbons (Fsp3) is 0.472. The molecular formula is C36H42Cl3N3O4. The fourth-order valence-corrected chi connectivity index (χ4v) is 7.11. The number of likely N-dealkylation sites (tertiary alicyclic amines) is 2. The van der Waals surface area contributed by atoms with E-state index in [4.69, 9.17) is 44.3 Å². The maximum Gasteiger partial charge on any atom is 0.272 e. The van der Waals surface area contributed by atoms with Gasteiger partial charge < -0.3 is 24.8 Å². The predicted molar refractivity (Wildman–Crippen MR) is 183 cm³/mol.